The van der Waals surface area contributed by atoms with Gasteiger partial charge in [-0.15, -0.1) is 0 Å². The van der Waals surface area contributed by atoms with Crippen LogP contribution < -0.4 is 11.1 Å². The highest BCUT2D eigenvalue weighted by Crippen LogP contribution is 2.16. The lowest BCUT2D eigenvalue weighted by molar-refractivity contribution is -0.123. The molecule has 0 spiro atoms. The molecule has 0 heterocycles. The third-order valence-corrected chi connectivity index (χ3v) is 3.15. The van der Waals surface area contributed by atoms with Crippen molar-refractivity contribution >= 4 is 5.91 Å². The first kappa shape index (κ1) is 14.2. The number of halogens is 1. The molecule has 0 fully saturated rings. The van der Waals surface area contributed by atoms with E-state index in [0.29, 0.717) is 5.56 Å². The van der Waals surface area contributed by atoms with E-state index in [9.17, 15) is 9.18 Å². The van der Waals surface area contributed by atoms with Gasteiger partial charge < -0.3 is 11.1 Å². The third kappa shape index (κ3) is 3.42. The van der Waals surface area contributed by atoms with E-state index in [2.05, 4.69) is 5.32 Å². The summed E-state index contributed by atoms with van der Waals surface area (Å²) in [5.74, 6) is -0.607. The summed E-state index contributed by atoms with van der Waals surface area (Å²) in [5, 5.41) is 2.79. The Morgan fingerprint density at radius 2 is 1.75 bits per heavy atom. The van der Waals surface area contributed by atoms with Crippen LogP contribution in [0.4, 0.5) is 4.39 Å². The minimum atomic E-state index is -0.729. The molecule has 0 radical (unpaired) electrons. The molecule has 3 N–H and O–H groups in total. The average molecular weight is 272 g/mol. The summed E-state index contributed by atoms with van der Waals surface area (Å²) in [6, 6.07) is 14.3. The molecule has 2 aromatic carbocycles. The molecule has 104 valence electrons. The molecule has 4 heteroatoms. The van der Waals surface area contributed by atoms with E-state index in [1.807, 2.05) is 18.2 Å². The van der Waals surface area contributed by atoms with Gasteiger partial charge in [-0.3, -0.25) is 4.79 Å². The van der Waals surface area contributed by atoms with E-state index in [1.165, 1.54) is 12.1 Å². The highest BCUT2D eigenvalue weighted by atomic mass is 19.1. The fourth-order valence-electron chi connectivity index (χ4n) is 1.97. The Kier molecular flexibility index (Phi) is 4.48. The first-order valence-corrected chi connectivity index (χ1v) is 6.44. The molecule has 1 unspecified atom stereocenters. The number of benzene rings is 2. The SMILES string of the molecule is C[C@@H](NC(=O)C(N)c1ccccc1)c1cccc(F)c1. The summed E-state index contributed by atoms with van der Waals surface area (Å²) < 4.78 is 13.2. The topological polar surface area (TPSA) is 55.1 Å². The number of hydrogen-bond donors (Lipinski definition) is 2. The van der Waals surface area contributed by atoms with Gasteiger partial charge >= 0.3 is 0 Å². The molecule has 0 saturated heterocycles. The lowest BCUT2D eigenvalue weighted by Crippen LogP contribution is -2.35. The Morgan fingerprint density at radius 1 is 1.10 bits per heavy atom. The van der Waals surface area contributed by atoms with E-state index in [1.54, 1.807) is 31.2 Å². The molecule has 2 aromatic rings. The van der Waals surface area contributed by atoms with Crippen LogP contribution in [0.3, 0.4) is 0 Å². The maximum absolute atomic E-state index is 13.2. The Bertz CT molecular complexity index is 586. The number of carbonyl (C=O) groups is 1. The third-order valence-electron chi connectivity index (χ3n) is 3.15. The van der Waals surface area contributed by atoms with Crippen LogP contribution in [0.1, 0.15) is 30.1 Å². The van der Waals surface area contributed by atoms with Crippen molar-refractivity contribution < 1.29 is 9.18 Å². The summed E-state index contributed by atoms with van der Waals surface area (Å²) in [6.07, 6.45) is 0. The van der Waals surface area contributed by atoms with Crippen LogP contribution in [-0.2, 0) is 4.79 Å². The minimum Gasteiger partial charge on any atom is -0.348 e. The van der Waals surface area contributed by atoms with E-state index in [4.69, 9.17) is 5.73 Å². The zero-order valence-corrected chi connectivity index (χ0v) is 11.2. The van der Waals surface area contributed by atoms with E-state index >= 15 is 0 Å². The fraction of sp³-hybridized carbons (Fsp3) is 0.188. The van der Waals surface area contributed by atoms with Gasteiger partial charge in [0.25, 0.3) is 0 Å². The van der Waals surface area contributed by atoms with Crippen molar-refractivity contribution in [3.8, 4) is 0 Å². The summed E-state index contributed by atoms with van der Waals surface area (Å²) in [5.41, 5.74) is 7.36. The van der Waals surface area contributed by atoms with Gasteiger partial charge in [0.1, 0.15) is 11.9 Å². The largest absolute Gasteiger partial charge is 0.348 e. The van der Waals surface area contributed by atoms with Crippen molar-refractivity contribution in [2.45, 2.75) is 19.0 Å². The molecule has 0 aliphatic rings. The van der Waals surface area contributed by atoms with Gasteiger partial charge in [0.05, 0.1) is 6.04 Å². The van der Waals surface area contributed by atoms with Crippen LogP contribution >= 0.6 is 0 Å². The van der Waals surface area contributed by atoms with E-state index in [0.717, 1.165) is 5.56 Å². The van der Waals surface area contributed by atoms with Crippen LogP contribution in [0.15, 0.2) is 54.6 Å². The van der Waals surface area contributed by atoms with Crippen molar-refractivity contribution in [3.63, 3.8) is 0 Å². The highest BCUT2D eigenvalue weighted by Gasteiger charge is 2.18. The molecule has 0 bridgehead atoms. The lowest BCUT2D eigenvalue weighted by atomic mass is 10.0. The van der Waals surface area contributed by atoms with Crippen LogP contribution in [0, 0.1) is 5.82 Å². The zero-order chi connectivity index (χ0) is 14.5. The quantitative estimate of drug-likeness (QED) is 0.899. The summed E-state index contributed by atoms with van der Waals surface area (Å²) in [7, 11) is 0. The van der Waals surface area contributed by atoms with Crippen molar-refractivity contribution in [1.29, 1.82) is 0 Å². The number of nitrogens with one attached hydrogen (secondary N) is 1. The molecule has 3 nitrogen and oxygen atoms in total. The zero-order valence-electron chi connectivity index (χ0n) is 11.2. The molecular formula is C16H17FN2O. The van der Waals surface area contributed by atoms with Gasteiger partial charge in [-0.05, 0) is 30.2 Å². The lowest BCUT2D eigenvalue weighted by Gasteiger charge is -2.18. The second-order valence-corrected chi connectivity index (χ2v) is 4.67. The van der Waals surface area contributed by atoms with Gasteiger partial charge in [0, 0.05) is 0 Å². The van der Waals surface area contributed by atoms with Gasteiger partial charge in [0.2, 0.25) is 5.91 Å². The molecule has 0 aliphatic heterocycles. The van der Waals surface area contributed by atoms with Crippen molar-refractivity contribution in [2.24, 2.45) is 5.73 Å². The van der Waals surface area contributed by atoms with Gasteiger partial charge in [0.15, 0.2) is 0 Å². The summed E-state index contributed by atoms with van der Waals surface area (Å²) >= 11 is 0. The van der Waals surface area contributed by atoms with E-state index in [-0.39, 0.29) is 17.8 Å². The maximum Gasteiger partial charge on any atom is 0.241 e. The van der Waals surface area contributed by atoms with Crippen molar-refractivity contribution in [1.82, 2.24) is 5.32 Å². The normalized spacial score (nSPS) is 13.6. The molecule has 0 saturated carbocycles. The predicted molar refractivity (Wildman–Crippen MR) is 76.3 cm³/mol. The molecule has 20 heavy (non-hydrogen) atoms. The number of amides is 1. The Morgan fingerprint density at radius 3 is 2.40 bits per heavy atom. The number of rotatable bonds is 4. The second-order valence-electron chi connectivity index (χ2n) is 4.67. The molecule has 2 atom stereocenters. The molecule has 1 amide bonds. The smallest absolute Gasteiger partial charge is 0.241 e. The van der Waals surface area contributed by atoms with Gasteiger partial charge in [-0.2, -0.15) is 0 Å². The first-order chi connectivity index (χ1) is 9.58. The highest BCUT2D eigenvalue weighted by molar-refractivity contribution is 5.83. The monoisotopic (exact) mass is 272 g/mol. The Labute approximate surface area is 117 Å². The number of carbonyl (C=O) groups excluding carboxylic acids is 1. The standard InChI is InChI=1S/C16H17FN2O/c1-11(13-8-5-9-14(17)10-13)19-16(20)15(18)12-6-3-2-4-7-12/h2-11,15H,18H2,1H3,(H,19,20)/t11-,15?/m1/s1. The van der Waals surface area contributed by atoms with Crippen LogP contribution in [0.5, 0.6) is 0 Å². The molecule has 0 aromatic heterocycles. The number of hydrogen-bond acceptors (Lipinski definition) is 2. The summed E-state index contributed by atoms with van der Waals surface area (Å²) in [6.45, 7) is 1.80. The second kappa shape index (κ2) is 6.30. The van der Waals surface area contributed by atoms with Crippen molar-refractivity contribution in [2.75, 3.05) is 0 Å². The predicted octanol–water partition coefficient (Wildman–Crippen LogP) is 2.70. The first-order valence-electron chi connectivity index (χ1n) is 6.44. The minimum absolute atomic E-state index is 0.284. The molecule has 2 rings (SSSR count). The average Bonchev–Trinajstić information content (AvgIpc) is 2.47. The molecule has 0 aliphatic carbocycles. The van der Waals surface area contributed by atoms with Crippen molar-refractivity contribution in [3.05, 3.63) is 71.5 Å². The van der Waals surface area contributed by atoms with Crippen LogP contribution in [-0.4, -0.2) is 5.91 Å². The van der Waals surface area contributed by atoms with Gasteiger partial charge in [-0.25, -0.2) is 4.39 Å². The number of nitrogens with two attached hydrogens (primary N) is 1. The Balaban J connectivity index is 2.04. The molecular weight excluding hydrogens is 255 g/mol. The van der Waals surface area contributed by atoms with Crippen LogP contribution in [0.25, 0.3) is 0 Å². The van der Waals surface area contributed by atoms with Gasteiger partial charge in [-0.1, -0.05) is 42.5 Å². The maximum atomic E-state index is 13.2. The Hall–Kier alpha value is -2.20. The van der Waals surface area contributed by atoms with E-state index < -0.39 is 6.04 Å². The summed E-state index contributed by atoms with van der Waals surface area (Å²) in [4.78, 5) is 12.1. The van der Waals surface area contributed by atoms with Crippen LogP contribution in [0.2, 0.25) is 0 Å². The fourth-order valence-corrected chi connectivity index (χ4v) is 1.97.